The number of hydrogen-bond donors (Lipinski definition) is 1. The van der Waals surface area contributed by atoms with Crippen molar-refractivity contribution < 1.29 is 0 Å². The second kappa shape index (κ2) is 2.02. The number of nitrogens with zero attached hydrogens (tertiary/aromatic N) is 1. The molecule has 0 spiro atoms. The Morgan fingerprint density at radius 1 is 1.71 bits per heavy atom. The lowest BCUT2D eigenvalue weighted by molar-refractivity contribution is 0.531. The standard InChI is InChI=1S/C4H10N2O/c1-4(2,3-5)6-7/h3,5H2,1-2H3. The summed E-state index contributed by atoms with van der Waals surface area (Å²) in [6, 6.07) is 0. The summed E-state index contributed by atoms with van der Waals surface area (Å²) in [5.74, 6) is 0. The Bertz CT molecular complexity index is 70.1. The highest BCUT2D eigenvalue weighted by molar-refractivity contribution is 4.76. The third-order valence-electron chi connectivity index (χ3n) is 0.747. The fourth-order valence-corrected chi connectivity index (χ4v) is 0.0373. The molecule has 0 bridgehead atoms. The van der Waals surface area contributed by atoms with E-state index in [0.29, 0.717) is 6.54 Å². The van der Waals surface area contributed by atoms with Crippen molar-refractivity contribution in [2.45, 2.75) is 19.4 Å². The SMILES string of the molecule is CC(C)(CN)N=O. The first-order valence-corrected chi connectivity index (χ1v) is 2.17. The highest BCUT2D eigenvalue weighted by atomic mass is 16.3. The summed E-state index contributed by atoms with van der Waals surface area (Å²) in [6.07, 6.45) is 0. The van der Waals surface area contributed by atoms with Gasteiger partial charge in [0.1, 0.15) is 5.54 Å². The quantitative estimate of drug-likeness (QED) is 0.516. The number of rotatable bonds is 2. The monoisotopic (exact) mass is 102 g/mol. The average Bonchev–Trinajstić information content (AvgIpc) is 1.68. The molecule has 0 atom stereocenters. The maximum atomic E-state index is 9.73. The van der Waals surface area contributed by atoms with Crippen LogP contribution in [0.4, 0.5) is 0 Å². The zero-order chi connectivity index (χ0) is 5.91. The van der Waals surface area contributed by atoms with Crippen LogP contribution in [0.15, 0.2) is 5.18 Å². The molecule has 0 aromatic heterocycles. The molecular formula is C4H10N2O. The van der Waals surface area contributed by atoms with Crippen molar-refractivity contribution in [1.29, 1.82) is 0 Å². The summed E-state index contributed by atoms with van der Waals surface area (Å²) in [5.41, 5.74) is 4.55. The Hall–Kier alpha value is -0.440. The van der Waals surface area contributed by atoms with Crippen molar-refractivity contribution >= 4 is 0 Å². The number of nitrogens with two attached hydrogens (primary N) is 1. The summed E-state index contributed by atoms with van der Waals surface area (Å²) in [5, 5.41) is 2.76. The van der Waals surface area contributed by atoms with Crippen LogP contribution < -0.4 is 5.73 Å². The summed E-state index contributed by atoms with van der Waals surface area (Å²) < 4.78 is 0. The molecule has 0 aliphatic rings. The summed E-state index contributed by atoms with van der Waals surface area (Å²) in [7, 11) is 0. The lowest BCUT2D eigenvalue weighted by Gasteiger charge is -2.08. The molecule has 3 heteroatoms. The fourth-order valence-electron chi connectivity index (χ4n) is 0.0373. The van der Waals surface area contributed by atoms with E-state index in [-0.39, 0.29) is 0 Å². The Labute approximate surface area is 42.9 Å². The van der Waals surface area contributed by atoms with Crippen molar-refractivity contribution in [1.82, 2.24) is 0 Å². The maximum absolute atomic E-state index is 9.73. The molecule has 0 aromatic carbocycles. The maximum Gasteiger partial charge on any atom is 0.109 e. The number of hydrogen-bond acceptors (Lipinski definition) is 3. The van der Waals surface area contributed by atoms with Gasteiger partial charge in [-0.25, -0.2) is 0 Å². The smallest absolute Gasteiger partial charge is 0.109 e. The third kappa shape index (κ3) is 2.28. The molecule has 0 amide bonds. The second-order valence-corrected chi connectivity index (χ2v) is 2.11. The molecule has 0 aromatic rings. The lowest BCUT2D eigenvalue weighted by atomic mass is 10.1. The zero-order valence-electron chi connectivity index (χ0n) is 4.64. The molecule has 0 aliphatic carbocycles. The van der Waals surface area contributed by atoms with E-state index in [1.165, 1.54) is 0 Å². The van der Waals surface area contributed by atoms with Crippen LogP contribution in [0.25, 0.3) is 0 Å². The van der Waals surface area contributed by atoms with Gasteiger partial charge in [0.2, 0.25) is 0 Å². The molecule has 0 aliphatic heterocycles. The molecule has 0 heterocycles. The predicted molar refractivity (Wildman–Crippen MR) is 28.9 cm³/mol. The van der Waals surface area contributed by atoms with Crippen LogP contribution in [-0.4, -0.2) is 12.1 Å². The van der Waals surface area contributed by atoms with Crippen molar-refractivity contribution in [3.8, 4) is 0 Å². The second-order valence-electron chi connectivity index (χ2n) is 2.11. The first-order valence-electron chi connectivity index (χ1n) is 2.17. The van der Waals surface area contributed by atoms with E-state index < -0.39 is 5.54 Å². The Morgan fingerprint density at radius 3 is 2.14 bits per heavy atom. The van der Waals surface area contributed by atoms with E-state index in [4.69, 9.17) is 5.73 Å². The topological polar surface area (TPSA) is 55.4 Å². The minimum atomic E-state index is -0.569. The molecule has 0 unspecified atom stereocenters. The van der Waals surface area contributed by atoms with Gasteiger partial charge in [-0.05, 0) is 13.8 Å². The highest BCUT2D eigenvalue weighted by Gasteiger charge is 2.13. The molecule has 0 saturated heterocycles. The van der Waals surface area contributed by atoms with Gasteiger partial charge in [0.25, 0.3) is 0 Å². The van der Waals surface area contributed by atoms with Gasteiger partial charge < -0.3 is 5.73 Å². The Balaban J connectivity index is 3.58. The van der Waals surface area contributed by atoms with Gasteiger partial charge in [0.15, 0.2) is 0 Å². The van der Waals surface area contributed by atoms with Crippen LogP contribution in [0, 0.1) is 4.91 Å². The molecule has 2 N–H and O–H groups in total. The Kier molecular flexibility index (Phi) is 1.90. The fraction of sp³-hybridized carbons (Fsp3) is 1.00. The van der Waals surface area contributed by atoms with E-state index in [9.17, 15) is 4.91 Å². The molecule has 0 fully saturated rings. The molecule has 0 saturated carbocycles. The van der Waals surface area contributed by atoms with Crippen molar-refractivity contribution in [3.05, 3.63) is 4.91 Å². The lowest BCUT2D eigenvalue weighted by Crippen LogP contribution is -2.27. The largest absolute Gasteiger partial charge is 0.328 e. The van der Waals surface area contributed by atoms with Crippen LogP contribution in [0.5, 0.6) is 0 Å². The van der Waals surface area contributed by atoms with E-state index in [1.54, 1.807) is 13.8 Å². The molecule has 0 rings (SSSR count). The summed E-state index contributed by atoms with van der Waals surface area (Å²) in [4.78, 5) is 9.73. The molecule has 3 nitrogen and oxygen atoms in total. The first-order chi connectivity index (χ1) is 3.12. The van der Waals surface area contributed by atoms with Crippen molar-refractivity contribution in [3.63, 3.8) is 0 Å². The van der Waals surface area contributed by atoms with Crippen LogP contribution in [0.2, 0.25) is 0 Å². The van der Waals surface area contributed by atoms with Crippen LogP contribution in [0.1, 0.15) is 13.8 Å². The number of nitroso groups, excluding NO2 is 1. The van der Waals surface area contributed by atoms with Crippen LogP contribution in [0.3, 0.4) is 0 Å². The molecule has 0 radical (unpaired) electrons. The van der Waals surface area contributed by atoms with Gasteiger partial charge >= 0.3 is 0 Å². The van der Waals surface area contributed by atoms with Gasteiger partial charge in [0.05, 0.1) is 0 Å². The van der Waals surface area contributed by atoms with Crippen molar-refractivity contribution in [2.24, 2.45) is 10.9 Å². The van der Waals surface area contributed by atoms with E-state index in [0.717, 1.165) is 0 Å². The first kappa shape index (κ1) is 6.56. The normalized spacial score (nSPS) is 11.3. The van der Waals surface area contributed by atoms with Gasteiger partial charge in [-0.2, -0.15) is 4.91 Å². The molecular weight excluding hydrogens is 92.1 g/mol. The van der Waals surface area contributed by atoms with Crippen LogP contribution in [-0.2, 0) is 0 Å². The molecule has 42 valence electrons. The average molecular weight is 102 g/mol. The van der Waals surface area contributed by atoms with Gasteiger partial charge in [-0.15, -0.1) is 0 Å². The van der Waals surface area contributed by atoms with E-state index >= 15 is 0 Å². The van der Waals surface area contributed by atoms with Crippen molar-refractivity contribution in [2.75, 3.05) is 6.54 Å². The summed E-state index contributed by atoms with van der Waals surface area (Å²) in [6.45, 7) is 3.70. The third-order valence-corrected chi connectivity index (χ3v) is 0.747. The predicted octanol–water partition coefficient (Wildman–Crippen LogP) is 0.490. The minimum Gasteiger partial charge on any atom is -0.328 e. The van der Waals surface area contributed by atoms with E-state index in [2.05, 4.69) is 5.18 Å². The Morgan fingerprint density at radius 2 is 2.14 bits per heavy atom. The zero-order valence-corrected chi connectivity index (χ0v) is 4.64. The van der Waals surface area contributed by atoms with Gasteiger partial charge in [-0.1, -0.05) is 5.18 Å². The van der Waals surface area contributed by atoms with Gasteiger partial charge in [-0.3, -0.25) is 0 Å². The van der Waals surface area contributed by atoms with Gasteiger partial charge in [0, 0.05) is 6.54 Å². The summed E-state index contributed by atoms with van der Waals surface area (Å²) >= 11 is 0. The highest BCUT2D eigenvalue weighted by Crippen LogP contribution is 2.02. The molecule has 7 heavy (non-hydrogen) atoms. The van der Waals surface area contributed by atoms with E-state index in [1.807, 2.05) is 0 Å². The van der Waals surface area contributed by atoms with Crippen LogP contribution >= 0.6 is 0 Å². The minimum absolute atomic E-state index is 0.316.